The Morgan fingerprint density at radius 3 is 2.77 bits per heavy atom. The minimum Gasteiger partial charge on any atom is -0.364 e. The number of hydrogen-bond acceptors (Lipinski definition) is 7. The molecular formula is C23H27N7O. The Morgan fingerprint density at radius 1 is 1.19 bits per heavy atom. The third-order valence-electron chi connectivity index (χ3n) is 5.47. The molecule has 1 fully saturated rings. The van der Waals surface area contributed by atoms with Crippen molar-refractivity contribution in [3.8, 4) is 11.1 Å². The lowest BCUT2D eigenvalue weighted by atomic mass is 9.96. The highest BCUT2D eigenvalue weighted by atomic mass is 16.2. The van der Waals surface area contributed by atoms with Crippen molar-refractivity contribution >= 4 is 17.7 Å². The van der Waals surface area contributed by atoms with Crippen molar-refractivity contribution in [2.75, 3.05) is 37.4 Å². The summed E-state index contributed by atoms with van der Waals surface area (Å²) in [6.07, 6.45) is 6.34. The average Bonchev–Trinajstić information content (AvgIpc) is 3.29. The number of nitrogens with zero attached hydrogens (tertiary/aromatic N) is 6. The quantitative estimate of drug-likeness (QED) is 0.660. The van der Waals surface area contributed by atoms with Crippen LogP contribution >= 0.6 is 0 Å². The summed E-state index contributed by atoms with van der Waals surface area (Å²) in [5, 5.41) is 3.34. The summed E-state index contributed by atoms with van der Waals surface area (Å²) in [7, 11) is 3.86. The van der Waals surface area contributed by atoms with Gasteiger partial charge in [0, 0.05) is 64.2 Å². The van der Waals surface area contributed by atoms with Gasteiger partial charge in [0.2, 0.25) is 11.9 Å². The van der Waals surface area contributed by atoms with Crippen molar-refractivity contribution in [1.82, 2.24) is 24.8 Å². The predicted molar refractivity (Wildman–Crippen MR) is 121 cm³/mol. The maximum Gasteiger partial charge on any atom is 0.225 e. The molecule has 0 spiro atoms. The standard InChI is InChI=1S/C23H27N7O/c1-16(31)30-11-8-18(15-30)22-20(14-27-23(28-22)29(2)3)17-7-10-25-21(12-17)26-13-19-6-4-5-9-24-19/h4-7,9-10,12,14,18H,8,11,13,15H2,1-3H3,(H,25,26). The molecule has 1 amide bonds. The monoisotopic (exact) mass is 417 g/mol. The van der Waals surface area contributed by atoms with Crippen molar-refractivity contribution in [2.45, 2.75) is 25.8 Å². The van der Waals surface area contributed by atoms with Crippen LogP contribution in [-0.2, 0) is 11.3 Å². The van der Waals surface area contributed by atoms with Crippen LogP contribution < -0.4 is 10.2 Å². The number of aromatic nitrogens is 4. The first-order valence-corrected chi connectivity index (χ1v) is 10.4. The van der Waals surface area contributed by atoms with Gasteiger partial charge in [-0.05, 0) is 36.2 Å². The van der Waals surface area contributed by atoms with Gasteiger partial charge in [0.1, 0.15) is 5.82 Å². The fourth-order valence-corrected chi connectivity index (χ4v) is 3.78. The Labute approximate surface area is 182 Å². The molecule has 1 saturated heterocycles. The van der Waals surface area contributed by atoms with E-state index in [4.69, 9.17) is 4.98 Å². The number of rotatable bonds is 6. The number of likely N-dealkylation sites (tertiary alicyclic amines) is 1. The zero-order chi connectivity index (χ0) is 21.8. The molecule has 1 aliphatic rings. The van der Waals surface area contributed by atoms with Crippen molar-refractivity contribution < 1.29 is 4.79 Å². The number of amides is 1. The second-order valence-corrected chi connectivity index (χ2v) is 7.92. The highest BCUT2D eigenvalue weighted by Gasteiger charge is 2.29. The summed E-state index contributed by atoms with van der Waals surface area (Å²) >= 11 is 0. The maximum atomic E-state index is 11.8. The minimum atomic E-state index is 0.107. The molecule has 0 bridgehead atoms. The SMILES string of the molecule is CC(=O)N1CCC(c2nc(N(C)C)ncc2-c2ccnc(NCc3ccccn3)c2)C1. The van der Waals surface area contributed by atoms with Crippen LogP contribution in [0.3, 0.4) is 0 Å². The smallest absolute Gasteiger partial charge is 0.225 e. The van der Waals surface area contributed by atoms with E-state index in [2.05, 4.69) is 20.3 Å². The van der Waals surface area contributed by atoms with Gasteiger partial charge in [0.05, 0.1) is 17.9 Å². The molecule has 160 valence electrons. The number of hydrogen-bond donors (Lipinski definition) is 1. The molecular weight excluding hydrogens is 390 g/mol. The highest BCUT2D eigenvalue weighted by Crippen LogP contribution is 2.34. The van der Waals surface area contributed by atoms with Gasteiger partial charge in [-0.2, -0.15) is 0 Å². The lowest BCUT2D eigenvalue weighted by molar-refractivity contribution is -0.127. The van der Waals surface area contributed by atoms with Gasteiger partial charge in [0.15, 0.2) is 0 Å². The molecule has 1 N–H and O–H groups in total. The van der Waals surface area contributed by atoms with E-state index in [9.17, 15) is 4.79 Å². The van der Waals surface area contributed by atoms with Crippen molar-refractivity contribution in [2.24, 2.45) is 0 Å². The Balaban J connectivity index is 1.63. The zero-order valence-electron chi connectivity index (χ0n) is 18.1. The Hall–Kier alpha value is -3.55. The summed E-state index contributed by atoms with van der Waals surface area (Å²) in [6, 6.07) is 9.83. The molecule has 3 aromatic rings. The number of anilines is 2. The van der Waals surface area contributed by atoms with Crippen LogP contribution in [0.4, 0.5) is 11.8 Å². The van der Waals surface area contributed by atoms with E-state index in [0.29, 0.717) is 19.0 Å². The number of carbonyl (C=O) groups excluding carboxylic acids is 1. The van der Waals surface area contributed by atoms with Crippen LogP contribution in [0.25, 0.3) is 11.1 Å². The van der Waals surface area contributed by atoms with Gasteiger partial charge in [0.25, 0.3) is 0 Å². The van der Waals surface area contributed by atoms with Gasteiger partial charge < -0.3 is 15.1 Å². The molecule has 0 aliphatic carbocycles. The molecule has 0 radical (unpaired) electrons. The molecule has 8 heteroatoms. The summed E-state index contributed by atoms with van der Waals surface area (Å²) in [6.45, 7) is 3.66. The van der Waals surface area contributed by atoms with Crippen molar-refractivity contribution in [3.05, 3.63) is 60.3 Å². The Morgan fingerprint density at radius 2 is 2.06 bits per heavy atom. The molecule has 1 unspecified atom stereocenters. The Bertz CT molecular complexity index is 1050. The molecule has 0 saturated carbocycles. The van der Waals surface area contributed by atoms with Crippen LogP contribution in [0.2, 0.25) is 0 Å². The van der Waals surface area contributed by atoms with E-state index >= 15 is 0 Å². The first-order valence-electron chi connectivity index (χ1n) is 10.4. The van der Waals surface area contributed by atoms with Gasteiger partial charge in [-0.25, -0.2) is 15.0 Å². The average molecular weight is 418 g/mol. The van der Waals surface area contributed by atoms with Gasteiger partial charge in [-0.1, -0.05) is 6.07 Å². The van der Waals surface area contributed by atoms with E-state index in [1.807, 2.05) is 60.4 Å². The third-order valence-corrected chi connectivity index (χ3v) is 5.47. The van der Waals surface area contributed by atoms with Crippen LogP contribution in [0, 0.1) is 0 Å². The normalized spacial score (nSPS) is 15.7. The lowest BCUT2D eigenvalue weighted by Gasteiger charge is -2.19. The van der Waals surface area contributed by atoms with E-state index in [1.54, 1.807) is 19.3 Å². The fourth-order valence-electron chi connectivity index (χ4n) is 3.78. The molecule has 0 aromatic carbocycles. The van der Waals surface area contributed by atoms with E-state index in [1.165, 1.54) is 0 Å². The first kappa shape index (κ1) is 20.7. The first-order chi connectivity index (χ1) is 15.0. The summed E-state index contributed by atoms with van der Waals surface area (Å²) in [5.74, 6) is 1.72. The molecule has 1 aliphatic heterocycles. The van der Waals surface area contributed by atoms with Crippen LogP contribution in [0.5, 0.6) is 0 Å². The second-order valence-electron chi connectivity index (χ2n) is 7.92. The molecule has 4 rings (SSSR count). The Kier molecular flexibility index (Phi) is 6.06. The third kappa shape index (κ3) is 4.79. The number of pyridine rings is 2. The van der Waals surface area contributed by atoms with Gasteiger partial charge >= 0.3 is 0 Å². The fraction of sp³-hybridized carbons (Fsp3) is 0.348. The topological polar surface area (TPSA) is 87.1 Å². The van der Waals surface area contributed by atoms with E-state index in [-0.39, 0.29) is 11.8 Å². The van der Waals surface area contributed by atoms with Crippen LogP contribution in [0.15, 0.2) is 48.9 Å². The summed E-state index contributed by atoms with van der Waals surface area (Å²) in [4.78, 5) is 33.8. The summed E-state index contributed by atoms with van der Waals surface area (Å²) in [5.41, 5.74) is 3.90. The molecule has 1 atom stereocenters. The largest absolute Gasteiger partial charge is 0.364 e. The zero-order valence-corrected chi connectivity index (χ0v) is 18.1. The van der Waals surface area contributed by atoms with Crippen LogP contribution in [0.1, 0.15) is 30.7 Å². The number of nitrogens with one attached hydrogen (secondary N) is 1. The lowest BCUT2D eigenvalue weighted by Crippen LogP contribution is -2.25. The van der Waals surface area contributed by atoms with Crippen LogP contribution in [-0.4, -0.2) is 57.9 Å². The maximum absolute atomic E-state index is 11.8. The van der Waals surface area contributed by atoms with Gasteiger partial charge in [-0.15, -0.1) is 0 Å². The van der Waals surface area contributed by atoms with Crippen molar-refractivity contribution in [1.29, 1.82) is 0 Å². The highest BCUT2D eigenvalue weighted by molar-refractivity contribution is 5.74. The molecule has 8 nitrogen and oxygen atoms in total. The van der Waals surface area contributed by atoms with E-state index in [0.717, 1.165) is 41.3 Å². The minimum absolute atomic E-state index is 0.107. The molecule has 31 heavy (non-hydrogen) atoms. The molecule has 4 heterocycles. The number of carbonyl (C=O) groups is 1. The van der Waals surface area contributed by atoms with Gasteiger partial charge in [-0.3, -0.25) is 9.78 Å². The van der Waals surface area contributed by atoms with Crippen molar-refractivity contribution in [3.63, 3.8) is 0 Å². The van der Waals surface area contributed by atoms with E-state index < -0.39 is 0 Å². The molecule has 3 aromatic heterocycles. The summed E-state index contributed by atoms with van der Waals surface area (Å²) < 4.78 is 0. The predicted octanol–water partition coefficient (Wildman–Crippen LogP) is 2.95. The second kappa shape index (κ2) is 9.07.